The Labute approximate surface area is 102 Å². The zero-order valence-electron chi connectivity index (χ0n) is 10.0. The minimum atomic E-state index is -1.39. The van der Waals surface area contributed by atoms with Gasteiger partial charge in [0.1, 0.15) is 0 Å². The lowest BCUT2D eigenvalue weighted by molar-refractivity contribution is 0.156. The van der Waals surface area contributed by atoms with Crippen LogP contribution in [-0.4, -0.2) is 48.4 Å². The molecule has 0 bridgehead atoms. The number of nitrogens with zero attached hydrogens (tertiary/aromatic N) is 1. The van der Waals surface area contributed by atoms with Gasteiger partial charge in [-0.05, 0) is 24.5 Å². The molecule has 92 valence electrons. The first-order valence-corrected chi connectivity index (χ1v) is 5.90. The molecule has 1 aromatic rings. The van der Waals surface area contributed by atoms with E-state index in [1.807, 2.05) is 18.2 Å². The molecule has 1 saturated heterocycles. The van der Waals surface area contributed by atoms with Gasteiger partial charge in [0.25, 0.3) is 0 Å². The monoisotopic (exact) mass is 235 g/mol. The molecule has 0 aromatic heterocycles. The first-order chi connectivity index (χ1) is 8.16. The van der Waals surface area contributed by atoms with Crippen molar-refractivity contribution < 1.29 is 14.8 Å². The number of likely N-dealkylation sites (N-methyl/N-ethyl adjacent to an activating group) is 1. The van der Waals surface area contributed by atoms with Gasteiger partial charge in [-0.15, -0.1) is 0 Å². The zero-order chi connectivity index (χ0) is 12.3. The molecule has 1 atom stereocenters. The van der Waals surface area contributed by atoms with E-state index in [1.165, 1.54) is 0 Å². The highest BCUT2D eigenvalue weighted by atomic mass is 16.5. The van der Waals surface area contributed by atoms with Crippen molar-refractivity contribution in [2.75, 3.05) is 20.3 Å². The average molecular weight is 235 g/mol. The molecule has 0 aliphatic carbocycles. The average Bonchev–Trinajstić information content (AvgIpc) is 2.82. The van der Waals surface area contributed by atoms with E-state index in [0.29, 0.717) is 11.5 Å². The van der Waals surface area contributed by atoms with Crippen molar-refractivity contribution in [1.82, 2.24) is 4.90 Å². The maximum atomic E-state index is 9.12. The summed E-state index contributed by atoms with van der Waals surface area (Å²) in [5.41, 5.74) is 1.63. The summed E-state index contributed by atoms with van der Waals surface area (Å²) in [6.07, 6.45) is 1.07. The highest BCUT2D eigenvalue weighted by Gasteiger charge is 2.20. The summed E-state index contributed by atoms with van der Waals surface area (Å²) in [5, 5.41) is 18.2. The van der Waals surface area contributed by atoms with Crippen LogP contribution in [0.4, 0.5) is 0 Å². The Hall–Kier alpha value is -0.875. The minimum absolute atomic E-state index is 0.470. The molecular formula is C12H18BNO3. The number of benzene rings is 1. The summed E-state index contributed by atoms with van der Waals surface area (Å²) in [6.45, 7) is 2.43. The Morgan fingerprint density at radius 2 is 2.29 bits per heavy atom. The van der Waals surface area contributed by atoms with Crippen LogP contribution in [0.1, 0.15) is 12.0 Å². The fraction of sp³-hybridized carbons (Fsp3) is 0.500. The molecule has 1 aromatic carbocycles. The molecule has 0 saturated carbocycles. The van der Waals surface area contributed by atoms with Gasteiger partial charge in [-0.1, -0.05) is 24.3 Å². The Morgan fingerprint density at radius 1 is 1.47 bits per heavy atom. The SMILES string of the molecule is CN(Cc1cccc(B(O)O)c1)C1CCOC1. The second-order valence-electron chi connectivity index (χ2n) is 4.55. The van der Waals surface area contributed by atoms with Gasteiger partial charge in [0.05, 0.1) is 6.61 Å². The normalized spacial score (nSPS) is 19.9. The van der Waals surface area contributed by atoms with Gasteiger partial charge in [-0.3, -0.25) is 4.90 Å². The van der Waals surface area contributed by atoms with Crippen LogP contribution in [0.3, 0.4) is 0 Å². The van der Waals surface area contributed by atoms with E-state index in [0.717, 1.165) is 31.7 Å². The Bertz CT molecular complexity index is 367. The van der Waals surface area contributed by atoms with E-state index >= 15 is 0 Å². The molecule has 4 nitrogen and oxygen atoms in total. The van der Waals surface area contributed by atoms with E-state index < -0.39 is 7.12 Å². The van der Waals surface area contributed by atoms with E-state index in [9.17, 15) is 0 Å². The van der Waals surface area contributed by atoms with Crippen LogP contribution in [0.2, 0.25) is 0 Å². The highest BCUT2D eigenvalue weighted by molar-refractivity contribution is 6.58. The van der Waals surface area contributed by atoms with Crippen LogP contribution in [0.5, 0.6) is 0 Å². The van der Waals surface area contributed by atoms with Crippen molar-refractivity contribution in [3.05, 3.63) is 29.8 Å². The number of hydrogen-bond donors (Lipinski definition) is 2. The first-order valence-electron chi connectivity index (χ1n) is 5.90. The Kier molecular flexibility index (Phi) is 4.18. The molecule has 1 unspecified atom stereocenters. The second-order valence-corrected chi connectivity index (χ2v) is 4.55. The molecule has 0 radical (unpaired) electrons. The molecule has 2 N–H and O–H groups in total. The fourth-order valence-electron chi connectivity index (χ4n) is 2.14. The quantitative estimate of drug-likeness (QED) is 0.696. The standard InChI is InChI=1S/C12H18BNO3/c1-14(12-5-6-17-9-12)8-10-3-2-4-11(7-10)13(15)16/h2-4,7,12,15-16H,5-6,8-9H2,1H3. The van der Waals surface area contributed by atoms with Gasteiger partial charge in [-0.2, -0.15) is 0 Å². The van der Waals surface area contributed by atoms with Crippen molar-refractivity contribution >= 4 is 12.6 Å². The molecule has 2 rings (SSSR count). The number of ether oxygens (including phenoxy) is 1. The van der Waals surface area contributed by atoms with Gasteiger partial charge >= 0.3 is 7.12 Å². The van der Waals surface area contributed by atoms with Crippen LogP contribution in [-0.2, 0) is 11.3 Å². The fourth-order valence-corrected chi connectivity index (χ4v) is 2.14. The smallest absolute Gasteiger partial charge is 0.423 e. The number of rotatable bonds is 4. The predicted octanol–water partition coefficient (Wildman–Crippen LogP) is -0.413. The van der Waals surface area contributed by atoms with Crippen molar-refractivity contribution in [3.63, 3.8) is 0 Å². The lowest BCUT2D eigenvalue weighted by Crippen LogP contribution is -2.33. The summed E-state index contributed by atoms with van der Waals surface area (Å²) in [5.74, 6) is 0. The molecule has 5 heteroatoms. The summed E-state index contributed by atoms with van der Waals surface area (Å²) >= 11 is 0. The molecule has 1 aliphatic rings. The second kappa shape index (κ2) is 5.64. The minimum Gasteiger partial charge on any atom is -0.423 e. The maximum Gasteiger partial charge on any atom is 0.488 e. The third-order valence-electron chi connectivity index (χ3n) is 3.21. The van der Waals surface area contributed by atoms with Crippen LogP contribution in [0, 0.1) is 0 Å². The van der Waals surface area contributed by atoms with Crippen molar-refractivity contribution in [2.45, 2.75) is 19.0 Å². The van der Waals surface area contributed by atoms with Gasteiger partial charge in [0, 0.05) is 19.2 Å². The summed E-state index contributed by atoms with van der Waals surface area (Å²) in [6, 6.07) is 7.86. The molecule has 0 amide bonds. The molecule has 1 heterocycles. The van der Waals surface area contributed by atoms with Crippen LogP contribution in [0.25, 0.3) is 0 Å². The summed E-state index contributed by atoms with van der Waals surface area (Å²) in [7, 11) is 0.677. The lowest BCUT2D eigenvalue weighted by Gasteiger charge is -2.23. The molecule has 1 aliphatic heterocycles. The summed E-state index contributed by atoms with van der Waals surface area (Å²) in [4.78, 5) is 2.25. The largest absolute Gasteiger partial charge is 0.488 e. The lowest BCUT2D eigenvalue weighted by atomic mass is 9.79. The Balaban J connectivity index is 1.99. The third-order valence-corrected chi connectivity index (χ3v) is 3.21. The Morgan fingerprint density at radius 3 is 2.94 bits per heavy atom. The predicted molar refractivity (Wildman–Crippen MR) is 67.0 cm³/mol. The van der Waals surface area contributed by atoms with E-state index in [2.05, 4.69) is 11.9 Å². The van der Waals surface area contributed by atoms with E-state index in [-0.39, 0.29) is 0 Å². The van der Waals surface area contributed by atoms with Crippen molar-refractivity contribution in [1.29, 1.82) is 0 Å². The van der Waals surface area contributed by atoms with Crippen LogP contribution < -0.4 is 5.46 Å². The van der Waals surface area contributed by atoms with E-state index in [1.54, 1.807) is 6.07 Å². The van der Waals surface area contributed by atoms with Crippen molar-refractivity contribution in [3.8, 4) is 0 Å². The van der Waals surface area contributed by atoms with Crippen molar-refractivity contribution in [2.24, 2.45) is 0 Å². The highest BCUT2D eigenvalue weighted by Crippen LogP contribution is 2.13. The zero-order valence-corrected chi connectivity index (χ0v) is 10.0. The van der Waals surface area contributed by atoms with Gasteiger partial charge in [0.2, 0.25) is 0 Å². The van der Waals surface area contributed by atoms with Crippen LogP contribution in [0.15, 0.2) is 24.3 Å². The van der Waals surface area contributed by atoms with Gasteiger partial charge in [0.15, 0.2) is 0 Å². The van der Waals surface area contributed by atoms with Crippen LogP contribution >= 0.6 is 0 Å². The topological polar surface area (TPSA) is 52.9 Å². The third kappa shape index (κ3) is 3.29. The molecule has 17 heavy (non-hydrogen) atoms. The molecule has 1 fully saturated rings. The molecule has 0 spiro atoms. The van der Waals surface area contributed by atoms with Gasteiger partial charge in [-0.25, -0.2) is 0 Å². The number of hydrogen-bond acceptors (Lipinski definition) is 4. The first kappa shape index (κ1) is 12.6. The van der Waals surface area contributed by atoms with Gasteiger partial charge < -0.3 is 14.8 Å². The maximum absolute atomic E-state index is 9.12. The van der Waals surface area contributed by atoms with E-state index in [4.69, 9.17) is 14.8 Å². The summed E-state index contributed by atoms with van der Waals surface area (Å²) < 4.78 is 5.36. The molecular weight excluding hydrogens is 217 g/mol.